The molecule has 3 rings (SSSR count). The number of ether oxygens (including phenoxy) is 1. The largest absolute Gasteiger partial charge is 0.414 e. The summed E-state index contributed by atoms with van der Waals surface area (Å²) in [7, 11) is -0.169. The number of aryl methyl sites for hydroxylation is 1. The van der Waals surface area contributed by atoms with Crippen molar-refractivity contribution in [1.29, 1.82) is 0 Å². The average Bonchev–Trinajstić information content (AvgIpc) is 3.00. The molecule has 0 saturated carbocycles. The molecule has 172 valence electrons. The van der Waals surface area contributed by atoms with Crippen molar-refractivity contribution < 1.29 is 14.1 Å². The number of hydrogen-bond donors (Lipinski definition) is 0. The van der Waals surface area contributed by atoms with Gasteiger partial charge in [-0.1, -0.05) is 20.8 Å². The highest BCUT2D eigenvalue weighted by Gasteiger charge is 2.40. The van der Waals surface area contributed by atoms with Crippen LogP contribution < -0.4 is 4.90 Å². The van der Waals surface area contributed by atoms with Crippen LogP contribution in [0.4, 0.5) is 11.4 Å². The number of fused-ring (bicyclic) bond motifs is 1. The lowest BCUT2D eigenvalue weighted by atomic mass is 10.1. The van der Waals surface area contributed by atoms with Crippen molar-refractivity contribution >= 4 is 30.6 Å². The van der Waals surface area contributed by atoms with Crippen molar-refractivity contribution in [2.24, 2.45) is 0 Å². The minimum absolute atomic E-state index is 0.144. The molecule has 1 aliphatic rings. The number of nitro groups is 1. The van der Waals surface area contributed by atoms with Gasteiger partial charge in [-0.3, -0.25) is 14.8 Å². The third-order valence-electron chi connectivity index (χ3n) is 6.79. The summed E-state index contributed by atoms with van der Waals surface area (Å²) < 4.78 is 13.7. The molecule has 0 unspecified atom stereocenters. The molecule has 2 heterocycles. The van der Waals surface area contributed by atoms with Gasteiger partial charge in [0, 0.05) is 37.8 Å². The van der Waals surface area contributed by atoms with Gasteiger partial charge in [0.1, 0.15) is 5.69 Å². The topological polar surface area (TPSA) is 82.7 Å². The third-order valence-corrected chi connectivity index (χ3v) is 11.3. The molecule has 8 nitrogen and oxygen atoms in total. The van der Waals surface area contributed by atoms with E-state index >= 15 is 0 Å². The van der Waals surface area contributed by atoms with Gasteiger partial charge >= 0.3 is 0 Å². The number of nitrogens with zero attached hydrogens (tertiary/aromatic N) is 4. The second-order valence-electron chi connectivity index (χ2n) is 9.98. The number of benzene rings is 1. The molecular formula is C22H36N4O4Si. The SMILES string of the molecule is COCCn1nc(C)c2cc([N+](=O)[O-])c(N3CCC(O[Si](C)(C)C(C)(C)C)CC3)cc21. The highest BCUT2D eigenvalue weighted by Crippen LogP contribution is 2.40. The Kier molecular flexibility index (Phi) is 6.78. The second kappa shape index (κ2) is 8.88. The molecule has 0 radical (unpaired) electrons. The molecule has 9 heteroatoms. The van der Waals surface area contributed by atoms with Crippen LogP contribution in [-0.2, 0) is 15.7 Å². The molecule has 1 aromatic heterocycles. The van der Waals surface area contributed by atoms with Gasteiger partial charge < -0.3 is 14.1 Å². The number of piperidine rings is 1. The summed E-state index contributed by atoms with van der Waals surface area (Å²) in [4.78, 5) is 13.7. The van der Waals surface area contributed by atoms with E-state index in [1.54, 1.807) is 13.2 Å². The molecule has 1 saturated heterocycles. The van der Waals surface area contributed by atoms with E-state index in [0.717, 1.165) is 42.5 Å². The Morgan fingerprint density at radius 2 is 1.90 bits per heavy atom. The van der Waals surface area contributed by atoms with Crippen molar-refractivity contribution in [2.75, 3.05) is 31.7 Å². The predicted molar refractivity (Wildman–Crippen MR) is 127 cm³/mol. The molecule has 1 aromatic carbocycles. The average molecular weight is 449 g/mol. The summed E-state index contributed by atoms with van der Waals surface area (Å²) in [6.45, 7) is 15.8. The van der Waals surface area contributed by atoms with Crippen LogP contribution in [0.3, 0.4) is 0 Å². The first-order valence-corrected chi connectivity index (χ1v) is 13.9. The van der Waals surface area contributed by atoms with Crippen LogP contribution in [0.5, 0.6) is 0 Å². The molecule has 0 spiro atoms. The standard InChI is InChI=1S/C22H36N4O4Si/c1-16-18-14-21(26(27)28)20(15-19(18)25(23-16)12-13-29-5)24-10-8-17(9-11-24)30-31(6,7)22(2,3)4/h14-15,17H,8-13H2,1-7H3. The molecule has 0 bridgehead atoms. The zero-order chi connectivity index (χ0) is 23.0. The summed E-state index contributed by atoms with van der Waals surface area (Å²) in [5.41, 5.74) is 2.52. The van der Waals surface area contributed by atoms with Gasteiger partial charge in [0.15, 0.2) is 8.32 Å². The van der Waals surface area contributed by atoms with Crippen molar-refractivity contribution in [3.05, 3.63) is 27.9 Å². The Morgan fingerprint density at radius 1 is 1.26 bits per heavy atom. The summed E-state index contributed by atoms with van der Waals surface area (Å²) in [6, 6.07) is 3.60. The maximum Gasteiger partial charge on any atom is 0.293 e. The van der Waals surface area contributed by atoms with E-state index in [1.165, 1.54) is 0 Å². The van der Waals surface area contributed by atoms with Crippen LogP contribution >= 0.6 is 0 Å². The Hall–Kier alpha value is -1.97. The number of rotatable bonds is 7. The van der Waals surface area contributed by atoms with Crippen molar-refractivity contribution in [3.63, 3.8) is 0 Å². The van der Waals surface area contributed by atoms with Crippen LogP contribution in [0.25, 0.3) is 10.9 Å². The molecule has 0 aliphatic carbocycles. The highest BCUT2D eigenvalue weighted by molar-refractivity contribution is 6.74. The van der Waals surface area contributed by atoms with E-state index in [1.807, 2.05) is 17.7 Å². The fraction of sp³-hybridized carbons (Fsp3) is 0.682. The first kappa shape index (κ1) is 23.7. The molecule has 31 heavy (non-hydrogen) atoms. The van der Waals surface area contributed by atoms with Crippen LogP contribution in [0.1, 0.15) is 39.3 Å². The summed E-state index contributed by atoms with van der Waals surface area (Å²) >= 11 is 0. The maximum absolute atomic E-state index is 11.9. The Bertz CT molecular complexity index is 943. The van der Waals surface area contributed by atoms with Crippen molar-refractivity contribution in [2.45, 2.75) is 71.3 Å². The summed E-state index contributed by atoms with van der Waals surface area (Å²) in [6.07, 6.45) is 1.97. The Labute approximate surface area is 185 Å². The Balaban J connectivity index is 1.85. The lowest BCUT2D eigenvalue weighted by Gasteiger charge is -2.42. The van der Waals surface area contributed by atoms with Gasteiger partial charge in [-0.05, 0) is 44.0 Å². The number of aromatic nitrogens is 2. The molecule has 2 aromatic rings. The van der Waals surface area contributed by atoms with Gasteiger partial charge in [-0.2, -0.15) is 5.10 Å². The first-order chi connectivity index (χ1) is 14.4. The number of methoxy groups -OCH3 is 1. The quantitative estimate of drug-likeness (QED) is 0.341. The summed E-state index contributed by atoms with van der Waals surface area (Å²) in [5.74, 6) is 0. The van der Waals surface area contributed by atoms with Crippen LogP contribution in [0.2, 0.25) is 18.1 Å². The lowest BCUT2D eigenvalue weighted by Crippen LogP contribution is -2.47. The van der Waals surface area contributed by atoms with Gasteiger partial charge in [0.25, 0.3) is 5.69 Å². The highest BCUT2D eigenvalue weighted by atomic mass is 28.4. The molecule has 0 N–H and O–H groups in total. The van der Waals surface area contributed by atoms with Crippen molar-refractivity contribution in [3.8, 4) is 0 Å². The molecule has 0 amide bonds. The molecule has 0 atom stereocenters. The molecular weight excluding hydrogens is 412 g/mol. The lowest BCUT2D eigenvalue weighted by molar-refractivity contribution is -0.384. The van der Waals surface area contributed by atoms with Crippen LogP contribution in [-0.4, -0.2) is 55.9 Å². The van der Waals surface area contributed by atoms with Crippen LogP contribution in [0.15, 0.2) is 12.1 Å². The fourth-order valence-corrected chi connectivity index (χ4v) is 5.34. The minimum atomic E-state index is -1.83. The van der Waals surface area contributed by atoms with Gasteiger partial charge in [-0.15, -0.1) is 0 Å². The fourth-order valence-electron chi connectivity index (χ4n) is 3.91. The minimum Gasteiger partial charge on any atom is -0.414 e. The normalized spacial score (nSPS) is 16.3. The van der Waals surface area contributed by atoms with E-state index in [4.69, 9.17) is 9.16 Å². The van der Waals surface area contributed by atoms with Gasteiger partial charge in [0.2, 0.25) is 0 Å². The predicted octanol–water partition coefficient (Wildman–Crippen LogP) is 4.89. The van der Waals surface area contributed by atoms with E-state index in [2.05, 4.69) is 43.9 Å². The van der Waals surface area contributed by atoms with Gasteiger partial charge in [-0.25, -0.2) is 0 Å². The van der Waals surface area contributed by atoms with E-state index in [0.29, 0.717) is 18.8 Å². The summed E-state index contributed by atoms with van der Waals surface area (Å²) in [5, 5.41) is 17.4. The monoisotopic (exact) mass is 448 g/mol. The second-order valence-corrected chi connectivity index (χ2v) is 14.7. The number of anilines is 1. The zero-order valence-corrected chi connectivity index (χ0v) is 20.9. The van der Waals surface area contributed by atoms with E-state index in [-0.39, 0.29) is 21.8 Å². The van der Waals surface area contributed by atoms with Crippen LogP contribution in [0, 0.1) is 17.0 Å². The zero-order valence-electron chi connectivity index (χ0n) is 19.9. The molecule has 1 fully saturated rings. The Morgan fingerprint density at radius 3 is 2.45 bits per heavy atom. The molecule has 1 aliphatic heterocycles. The maximum atomic E-state index is 11.9. The van der Waals surface area contributed by atoms with E-state index < -0.39 is 8.32 Å². The van der Waals surface area contributed by atoms with Crippen molar-refractivity contribution in [1.82, 2.24) is 9.78 Å². The third kappa shape index (κ3) is 4.93. The van der Waals surface area contributed by atoms with E-state index in [9.17, 15) is 10.1 Å². The van der Waals surface area contributed by atoms with Gasteiger partial charge in [0.05, 0.1) is 29.3 Å². The smallest absolute Gasteiger partial charge is 0.293 e. The first-order valence-electron chi connectivity index (χ1n) is 11.0. The number of nitro benzene ring substituents is 1. The number of hydrogen-bond acceptors (Lipinski definition) is 6.